The van der Waals surface area contributed by atoms with Gasteiger partial charge in [-0.15, -0.1) is 0 Å². The van der Waals surface area contributed by atoms with Crippen molar-refractivity contribution in [3.05, 3.63) is 0 Å². The molecule has 1 rings (SSSR count). The molecule has 0 aromatic carbocycles. The second-order valence-corrected chi connectivity index (χ2v) is 5.56. The van der Waals surface area contributed by atoms with Gasteiger partial charge < -0.3 is 5.32 Å². The highest BCUT2D eigenvalue weighted by Gasteiger charge is 2.24. The molecule has 0 spiro atoms. The van der Waals surface area contributed by atoms with E-state index in [4.69, 9.17) is 0 Å². The lowest BCUT2D eigenvalue weighted by Crippen LogP contribution is -2.47. The Morgan fingerprint density at radius 1 is 1.24 bits per heavy atom. The number of hydrogen-bond donors (Lipinski definition) is 1. The van der Waals surface area contributed by atoms with Gasteiger partial charge in [-0.3, -0.25) is 4.90 Å². The van der Waals surface area contributed by atoms with Crippen molar-refractivity contribution in [3.8, 4) is 0 Å². The first-order valence-corrected chi connectivity index (χ1v) is 7.76. The molecule has 0 aliphatic carbocycles. The van der Waals surface area contributed by atoms with Gasteiger partial charge in [-0.25, -0.2) is 0 Å². The van der Waals surface area contributed by atoms with E-state index in [0.717, 1.165) is 12.0 Å². The van der Waals surface area contributed by atoms with Gasteiger partial charge in [0.1, 0.15) is 0 Å². The van der Waals surface area contributed by atoms with E-state index in [1.807, 2.05) is 0 Å². The number of hydrogen-bond acceptors (Lipinski definition) is 2. The maximum atomic E-state index is 3.61. The Balaban J connectivity index is 2.38. The zero-order valence-corrected chi connectivity index (χ0v) is 12.2. The summed E-state index contributed by atoms with van der Waals surface area (Å²) in [5, 5.41) is 3.61. The zero-order valence-electron chi connectivity index (χ0n) is 12.2. The van der Waals surface area contributed by atoms with Crippen LogP contribution in [0, 0.1) is 5.92 Å². The molecule has 0 aromatic rings. The van der Waals surface area contributed by atoms with Crippen LogP contribution in [0.4, 0.5) is 0 Å². The summed E-state index contributed by atoms with van der Waals surface area (Å²) in [6, 6.07) is 0.779. The van der Waals surface area contributed by atoms with Gasteiger partial charge in [0.2, 0.25) is 0 Å². The lowest BCUT2D eigenvalue weighted by Gasteiger charge is -2.38. The van der Waals surface area contributed by atoms with Crippen LogP contribution in [0.15, 0.2) is 0 Å². The Bertz CT molecular complexity index is 182. The van der Waals surface area contributed by atoms with Crippen molar-refractivity contribution < 1.29 is 0 Å². The van der Waals surface area contributed by atoms with E-state index in [1.165, 1.54) is 64.7 Å². The van der Waals surface area contributed by atoms with Crippen LogP contribution in [0.3, 0.4) is 0 Å². The van der Waals surface area contributed by atoms with Crippen LogP contribution >= 0.6 is 0 Å². The van der Waals surface area contributed by atoms with E-state index >= 15 is 0 Å². The zero-order chi connectivity index (χ0) is 12.5. The molecule has 0 amide bonds. The first kappa shape index (κ1) is 15.0. The lowest BCUT2D eigenvalue weighted by molar-refractivity contribution is 0.113. The molecule has 102 valence electrons. The van der Waals surface area contributed by atoms with Crippen molar-refractivity contribution in [1.29, 1.82) is 0 Å². The van der Waals surface area contributed by atoms with Crippen LogP contribution in [-0.4, -0.2) is 37.1 Å². The maximum Gasteiger partial charge on any atom is 0.0220 e. The molecule has 2 unspecified atom stereocenters. The summed E-state index contributed by atoms with van der Waals surface area (Å²) in [5.74, 6) is 0.953. The SMILES string of the molecule is CCCNCC(CCC)N1CCCC(CC)C1. The van der Waals surface area contributed by atoms with Crippen molar-refractivity contribution in [2.75, 3.05) is 26.2 Å². The van der Waals surface area contributed by atoms with Crippen molar-refractivity contribution >= 4 is 0 Å². The fourth-order valence-corrected chi connectivity index (χ4v) is 2.95. The fourth-order valence-electron chi connectivity index (χ4n) is 2.95. The minimum absolute atomic E-state index is 0.779. The van der Waals surface area contributed by atoms with E-state index in [0.29, 0.717) is 0 Å². The van der Waals surface area contributed by atoms with Gasteiger partial charge in [0.15, 0.2) is 0 Å². The molecule has 1 N–H and O–H groups in total. The van der Waals surface area contributed by atoms with Crippen molar-refractivity contribution in [2.24, 2.45) is 5.92 Å². The normalized spacial score (nSPS) is 23.8. The van der Waals surface area contributed by atoms with E-state index < -0.39 is 0 Å². The molecule has 2 atom stereocenters. The fraction of sp³-hybridized carbons (Fsp3) is 1.00. The van der Waals surface area contributed by atoms with Gasteiger partial charge in [0.25, 0.3) is 0 Å². The molecule has 0 aromatic heterocycles. The van der Waals surface area contributed by atoms with Crippen LogP contribution in [0.1, 0.15) is 59.3 Å². The molecular weight excluding hydrogens is 208 g/mol. The molecule has 1 saturated heterocycles. The summed E-state index contributed by atoms with van der Waals surface area (Å²) in [4.78, 5) is 2.75. The number of likely N-dealkylation sites (tertiary alicyclic amines) is 1. The van der Waals surface area contributed by atoms with Gasteiger partial charge >= 0.3 is 0 Å². The maximum absolute atomic E-state index is 3.61. The number of rotatable bonds is 8. The first-order valence-electron chi connectivity index (χ1n) is 7.76. The predicted octanol–water partition coefficient (Wildman–Crippen LogP) is 3.28. The van der Waals surface area contributed by atoms with Crippen molar-refractivity contribution in [1.82, 2.24) is 10.2 Å². The Morgan fingerprint density at radius 2 is 2.06 bits per heavy atom. The predicted molar refractivity (Wildman–Crippen MR) is 76.4 cm³/mol. The molecule has 0 saturated carbocycles. The topological polar surface area (TPSA) is 15.3 Å². The molecule has 1 aliphatic rings. The molecule has 1 heterocycles. The minimum atomic E-state index is 0.779. The highest BCUT2D eigenvalue weighted by molar-refractivity contribution is 4.80. The van der Waals surface area contributed by atoms with Gasteiger partial charge in [0.05, 0.1) is 0 Å². The molecule has 2 nitrogen and oxygen atoms in total. The summed E-state index contributed by atoms with van der Waals surface area (Å²) in [6.45, 7) is 11.9. The molecule has 17 heavy (non-hydrogen) atoms. The second kappa shape index (κ2) is 8.93. The van der Waals surface area contributed by atoms with Crippen LogP contribution in [0.25, 0.3) is 0 Å². The van der Waals surface area contributed by atoms with Gasteiger partial charge in [-0.1, -0.05) is 33.6 Å². The third-order valence-electron chi connectivity index (χ3n) is 4.07. The third kappa shape index (κ3) is 5.39. The summed E-state index contributed by atoms with van der Waals surface area (Å²) in [7, 11) is 0. The van der Waals surface area contributed by atoms with E-state index in [-0.39, 0.29) is 0 Å². The Morgan fingerprint density at radius 3 is 2.71 bits per heavy atom. The van der Waals surface area contributed by atoms with E-state index in [1.54, 1.807) is 0 Å². The van der Waals surface area contributed by atoms with Crippen molar-refractivity contribution in [3.63, 3.8) is 0 Å². The third-order valence-corrected chi connectivity index (χ3v) is 4.07. The highest BCUT2D eigenvalue weighted by atomic mass is 15.2. The summed E-state index contributed by atoms with van der Waals surface area (Å²) in [5.41, 5.74) is 0. The summed E-state index contributed by atoms with van der Waals surface area (Å²) < 4.78 is 0. The average molecular weight is 240 g/mol. The number of piperidine rings is 1. The van der Waals surface area contributed by atoms with Crippen LogP contribution in [-0.2, 0) is 0 Å². The molecule has 1 fully saturated rings. The number of nitrogens with one attached hydrogen (secondary N) is 1. The monoisotopic (exact) mass is 240 g/mol. The number of nitrogens with zero attached hydrogens (tertiary/aromatic N) is 1. The lowest BCUT2D eigenvalue weighted by atomic mass is 9.93. The second-order valence-electron chi connectivity index (χ2n) is 5.56. The average Bonchev–Trinajstić information content (AvgIpc) is 2.38. The van der Waals surface area contributed by atoms with E-state index in [2.05, 4.69) is 31.0 Å². The molecular formula is C15H32N2. The van der Waals surface area contributed by atoms with Gasteiger partial charge in [0, 0.05) is 19.1 Å². The highest BCUT2D eigenvalue weighted by Crippen LogP contribution is 2.22. The molecule has 2 heteroatoms. The van der Waals surface area contributed by atoms with E-state index in [9.17, 15) is 0 Å². The Kier molecular flexibility index (Phi) is 7.87. The van der Waals surface area contributed by atoms with Crippen molar-refractivity contribution in [2.45, 2.75) is 65.3 Å². The quantitative estimate of drug-likeness (QED) is 0.655. The Hall–Kier alpha value is -0.0800. The molecule has 0 bridgehead atoms. The molecule has 1 aliphatic heterocycles. The van der Waals surface area contributed by atoms with Crippen LogP contribution < -0.4 is 5.32 Å². The largest absolute Gasteiger partial charge is 0.315 e. The smallest absolute Gasteiger partial charge is 0.0220 e. The standard InChI is InChI=1S/C15H32N2/c1-4-8-15(12-16-10-5-2)17-11-7-9-14(6-3)13-17/h14-16H,4-13H2,1-3H3. The molecule has 0 radical (unpaired) electrons. The summed E-state index contributed by atoms with van der Waals surface area (Å²) >= 11 is 0. The minimum Gasteiger partial charge on any atom is -0.315 e. The Labute approximate surface area is 108 Å². The van der Waals surface area contributed by atoms with Crippen LogP contribution in [0.2, 0.25) is 0 Å². The van der Waals surface area contributed by atoms with Gasteiger partial charge in [-0.05, 0) is 44.7 Å². The first-order chi connectivity index (χ1) is 8.31. The van der Waals surface area contributed by atoms with Gasteiger partial charge in [-0.2, -0.15) is 0 Å². The van der Waals surface area contributed by atoms with Crippen LogP contribution in [0.5, 0.6) is 0 Å². The summed E-state index contributed by atoms with van der Waals surface area (Å²) in [6.07, 6.45) is 8.13.